The predicted octanol–water partition coefficient (Wildman–Crippen LogP) is 4.73. The summed E-state index contributed by atoms with van der Waals surface area (Å²) in [5.74, 6) is -0.162. The van der Waals surface area contributed by atoms with Crippen molar-refractivity contribution < 1.29 is 4.79 Å². The minimum absolute atomic E-state index is 0.162. The first-order chi connectivity index (χ1) is 13.0. The number of rotatable bonds is 5. The fourth-order valence-corrected chi connectivity index (χ4v) is 3.59. The number of amides is 1. The number of halogens is 1. The van der Waals surface area contributed by atoms with Crippen molar-refractivity contribution in [2.45, 2.75) is 17.3 Å². The number of carbonyl (C=O) groups is 1. The highest BCUT2D eigenvalue weighted by Gasteiger charge is 2.19. The van der Waals surface area contributed by atoms with Gasteiger partial charge in [-0.3, -0.25) is 4.79 Å². The molecule has 0 saturated heterocycles. The standard InChI is InChI=1S/C20H17ClN4OS/c1-13(19(26)24-16-9-8-15(11-22)17(21)10-16)27-20-23-12-18(25(20)2)14-6-4-3-5-7-14/h3-10,12-13H,1-2H3,(H,24,26). The molecule has 5 nitrogen and oxygen atoms in total. The second-order valence-corrected chi connectivity index (χ2v) is 7.62. The highest BCUT2D eigenvalue weighted by Crippen LogP contribution is 2.28. The molecule has 1 N–H and O–H groups in total. The van der Waals surface area contributed by atoms with E-state index in [-0.39, 0.29) is 11.2 Å². The van der Waals surface area contributed by atoms with Gasteiger partial charge in [-0.05, 0) is 30.7 Å². The lowest BCUT2D eigenvalue weighted by Gasteiger charge is -2.13. The van der Waals surface area contributed by atoms with Gasteiger partial charge in [0.1, 0.15) is 6.07 Å². The molecule has 0 radical (unpaired) electrons. The third kappa shape index (κ3) is 4.33. The van der Waals surface area contributed by atoms with Crippen molar-refractivity contribution in [1.29, 1.82) is 5.26 Å². The number of nitrogens with one attached hydrogen (secondary N) is 1. The molecule has 0 saturated carbocycles. The lowest BCUT2D eigenvalue weighted by Crippen LogP contribution is -2.22. The van der Waals surface area contributed by atoms with Gasteiger partial charge in [0, 0.05) is 12.7 Å². The van der Waals surface area contributed by atoms with Crippen molar-refractivity contribution in [2.75, 3.05) is 5.32 Å². The van der Waals surface area contributed by atoms with Crippen LogP contribution in [0.25, 0.3) is 11.3 Å². The van der Waals surface area contributed by atoms with Gasteiger partial charge in [-0.25, -0.2) is 4.98 Å². The molecule has 7 heteroatoms. The molecule has 0 aliphatic heterocycles. The van der Waals surface area contributed by atoms with Gasteiger partial charge in [-0.15, -0.1) is 0 Å². The van der Waals surface area contributed by atoms with Gasteiger partial charge in [-0.1, -0.05) is 53.7 Å². The van der Waals surface area contributed by atoms with Crippen molar-refractivity contribution in [2.24, 2.45) is 7.05 Å². The van der Waals surface area contributed by atoms with Crippen LogP contribution in [0.15, 0.2) is 59.9 Å². The summed E-state index contributed by atoms with van der Waals surface area (Å²) >= 11 is 7.39. The van der Waals surface area contributed by atoms with E-state index < -0.39 is 0 Å². The van der Waals surface area contributed by atoms with Gasteiger partial charge >= 0.3 is 0 Å². The van der Waals surface area contributed by atoms with Gasteiger partial charge in [0.15, 0.2) is 5.16 Å². The smallest absolute Gasteiger partial charge is 0.237 e. The Morgan fingerprint density at radius 2 is 2.04 bits per heavy atom. The molecule has 0 aliphatic rings. The Hall–Kier alpha value is -2.75. The minimum atomic E-state index is -0.357. The predicted molar refractivity (Wildman–Crippen MR) is 109 cm³/mol. The molecule has 3 rings (SSSR count). The van der Waals surface area contributed by atoms with Crippen LogP contribution >= 0.6 is 23.4 Å². The molecule has 1 unspecified atom stereocenters. The van der Waals surface area contributed by atoms with Crippen LogP contribution in [0.4, 0.5) is 5.69 Å². The SMILES string of the molecule is CC(Sc1ncc(-c2ccccc2)n1C)C(=O)Nc1ccc(C#N)c(Cl)c1. The van der Waals surface area contributed by atoms with Crippen molar-refractivity contribution in [3.8, 4) is 17.3 Å². The summed E-state index contributed by atoms with van der Waals surface area (Å²) in [4.78, 5) is 16.9. The maximum Gasteiger partial charge on any atom is 0.237 e. The van der Waals surface area contributed by atoms with E-state index in [2.05, 4.69) is 10.3 Å². The van der Waals surface area contributed by atoms with Crippen LogP contribution in [-0.4, -0.2) is 20.7 Å². The third-order valence-electron chi connectivity index (χ3n) is 4.02. The summed E-state index contributed by atoms with van der Waals surface area (Å²) in [6, 6.07) is 16.8. The molecule has 0 bridgehead atoms. The van der Waals surface area contributed by atoms with Crippen LogP contribution in [0, 0.1) is 11.3 Å². The summed E-state index contributed by atoms with van der Waals surface area (Å²) in [7, 11) is 1.93. The number of nitriles is 1. The van der Waals surface area contributed by atoms with Crippen LogP contribution < -0.4 is 5.32 Å². The lowest BCUT2D eigenvalue weighted by atomic mass is 10.2. The molecule has 27 heavy (non-hydrogen) atoms. The summed E-state index contributed by atoms with van der Waals surface area (Å²) in [5.41, 5.74) is 2.99. The van der Waals surface area contributed by atoms with Crippen LogP contribution in [-0.2, 0) is 11.8 Å². The highest BCUT2D eigenvalue weighted by atomic mass is 35.5. The number of benzene rings is 2. The number of hydrogen-bond donors (Lipinski definition) is 1. The number of anilines is 1. The minimum Gasteiger partial charge on any atom is -0.325 e. The number of nitrogens with zero attached hydrogens (tertiary/aromatic N) is 3. The first kappa shape index (κ1) is 19.0. The molecule has 0 spiro atoms. The molecular weight excluding hydrogens is 380 g/mol. The van der Waals surface area contributed by atoms with E-state index in [4.69, 9.17) is 16.9 Å². The highest BCUT2D eigenvalue weighted by molar-refractivity contribution is 8.00. The van der Waals surface area contributed by atoms with Crippen LogP contribution in [0.1, 0.15) is 12.5 Å². The van der Waals surface area contributed by atoms with E-state index in [0.717, 1.165) is 16.4 Å². The third-order valence-corrected chi connectivity index (χ3v) is 5.49. The zero-order valence-electron chi connectivity index (χ0n) is 14.8. The monoisotopic (exact) mass is 396 g/mol. The Labute approximate surface area is 167 Å². The molecular formula is C20H17ClN4OS. The number of imidazole rings is 1. The second kappa shape index (κ2) is 8.30. The maximum absolute atomic E-state index is 12.5. The zero-order valence-corrected chi connectivity index (χ0v) is 16.4. The first-order valence-electron chi connectivity index (χ1n) is 8.24. The van der Waals surface area contributed by atoms with Gasteiger partial charge in [0.25, 0.3) is 0 Å². The van der Waals surface area contributed by atoms with E-state index in [1.807, 2.05) is 61.1 Å². The fourth-order valence-electron chi connectivity index (χ4n) is 2.52. The molecule has 136 valence electrons. The largest absolute Gasteiger partial charge is 0.325 e. The summed E-state index contributed by atoms with van der Waals surface area (Å²) < 4.78 is 1.97. The summed E-state index contributed by atoms with van der Waals surface area (Å²) in [6.45, 7) is 1.82. The lowest BCUT2D eigenvalue weighted by molar-refractivity contribution is -0.115. The van der Waals surface area contributed by atoms with Crippen molar-refractivity contribution >= 4 is 35.0 Å². The fraction of sp³-hybridized carbons (Fsp3) is 0.150. The number of carbonyl (C=O) groups excluding carboxylic acids is 1. The molecule has 3 aromatic rings. The van der Waals surface area contributed by atoms with Gasteiger partial charge in [0.2, 0.25) is 5.91 Å². The molecule has 0 aliphatic carbocycles. The topological polar surface area (TPSA) is 70.7 Å². The van der Waals surface area contributed by atoms with Crippen LogP contribution in [0.5, 0.6) is 0 Å². The normalized spacial score (nSPS) is 11.6. The Balaban J connectivity index is 1.69. The number of aromatic nitrogens is 2. The van der Waals surface area contributed by atoms with Crippen molar-refractivity contribution in [3.05, 3.63) is 65.3 Å². The quantitative estimate of drug-likeness (QED) is 0.633. The zero-order chi connectivity index (χ0) is 19.4. The number of hydrogen-bond acceptors (Lipinski definition) is 4. The second-order valence-electron chi connectivity index (χ2n) is 5.91. The van der Waals surface area contributed by atoms with Gasteiger partial charge < -0.3 is 9.88 Å². The van der Waals surface area contributed by atoms with Crippen molar-refractivity contribution in [3.63, 3.8) is 0 Å². The Kier molecular flexibility index (Phi) is 5.84. The Morgan fingerprint density at radius 1 is 1.30 bits per heavy atom. The Morgan fingerprint density at radius 3 is 2.70 bits per heavy atom. The van der Waals surface area contributed by atoms with Crippen LogP contribution in [0.3, 0.4) is 0 Å². The van der Waals surface area contributed by atoms with Gasteiger partial charge in [0.05, 0.1) is 27.7 Å². The van der Waals surface area contributed by atoms with E-state index in [0.29, 0.717) is 16.3 Å². The van der Waals surface area contributed by atoms with Crippen molar-refractivity contribution in [1.82, 2.24) is 9.55 Å². The molecule has 1 heterocycles. The maximum atomic E-state index is 12.5. The molecule has 1 amide bonds. The number of thioether (sulfide) groups is 1. The average Bonchev–Trinajstić information content (AvgIpc) is 3.03. The Bertz CT molecular complexity index is 1010. The molecule has 2 aromatic carbocycles. The van der Waals surface area contributed by atoms with E-state index in [1.165, 1.54) is 11.8 Å². The summed E-state index contributed by atoms with van der Waals surface area (Å²) in [6.07, 6.45) is 1.81. The summed E-state index contributed by atoms with van der Waals surface area (Å²) in [5, 5.41) is 12.5. The average molecular weight is 397 g/mol. The molecule has 1 aromatic heterocycles. The molecule has 1 atom stereocenters. The van der Waals surface area contributed by atoms with Gasteiger partial charge in [-0.2, -0.15) is 5.26 Å². The van der Waals surface area contributed by atoms with E-state index >= 15 is 0 Å². The van der Waals surface area contributed by atoms with E-state index in [1.54, 1.807) is 18.2 Å². The van der Waals surface area contributed by atoms with Crippen LogP contribution in [0.2, 0.25) is 5.02 Å². The molecule has 0 fully saturated rings. The van der Waals surface area contributed by atoms with E-state index in [9.17, 15) is 4.79 Å². The first-order valence-corrected chi connectivity index (χ1v) is 9.49.